The van der Waals surface area contributed by atoms with E-state index in [0.717, 1.165) is 5.92 Å². The molecule has 0 amide bonds. The standard InChI is InChI=1S/C9H12S/c10-4-3-9-6-7-1-2-8(9)5-7/h3-4,7,10H,1-2,5-6H2. The van der Waals surface area contributed by atoms with Crippen molar-refractivity contribution in [2.45, 2.75) is 25.7 Å². The maximum Gasteiger partial charge on any atom is -0.0247 e. The Balaban J connectivity index is 2.22. The van der Waals surface area contributed by atoms with Gasteiger partial charge in [-0.05, 0) is 42.6 Å². The van der Waals surface area contributed by atoms with Crippen LogP contribution in [0.25, 0.3) is 0 Å². The van der Waals surface area contributed by atoms with Gasteiger partial charge in [0.2, 0.25) is 0 Å². The highest BCUT2D eigenvalue weighted by Crippen LogP contribution is 2.44. The smallest absolute Gasteiger partial charge is 0.0247 e. The Kier molecular flexibility index (Phi) is 1.61. The van der Waals surface area contributed by atoms with Gasteiger partial charge >= 0.3 is 0 Å². The minimum Gasteiger partial charge on any atom is -0.151 e. The van der Waals surface area contributed by atoms with Crippen molar-refractivity contribution in [1.82, 2.24) is 0 Å². The van der Waals surface area contributed by atoms with Crippen molar-refractivity contribution in [2.75, 3.05) is 0 Å². The van der Waals surface area contributed by atoms with E-state index in [1.165, 1.54) is 25.7 Å². The molecule has 0 radical (unpaired) electrons. The second-order valence-electron chi connectivity index (χ2n) is 3.26. The fourth-order valence-electron chi connectivity index (χ4n) is 2.13. The van der Waals surface area contributed by atoms with Crippen LogP contribution in [-0.4, -0.2) is 0 Å². The topological polar surface area (TPSA) is 0 Å². The van der Waals surface area contributed by atoms with Crippen molar-refractivity contribution in [3.63, 3.8) is 0 Å². The predicted octanol–water partition coefficient (Wildman–Crippen LogP) is 2.93. The Labute approximate surface area is 67.4 Å². The lowest BCUT2D eigenvalue weighted by Gasteiger charge is -2.06. The van der Waals surface area contributed by atoms with Gasteiger partial charge in [-0.3, -0.25) is 0 Å². The van der Waals surface area contributed by atoms with Crippen molar-refractivity contribution in [2.24, 2.45) is 5.92 Å². The van der Waals surface area contributed by atoms with E-state index >= 15 is 0 Å². The van der Waals surface area contributed by atoms with Crippen molar-refractivity contribution in [3.05, 3.63) is 22.6 Å². The zero-order valence-electron chi connectivity index (χ0n) is 6.01. The lowest BCUT2D eigenvalue weighted by atomic mass is 9.99. The SMILES string of the molecule is SC=CC1=C2CCC(C1)C2. The molecule has 0 heterocycles. The van der Waals surface area contributed by atoms with Crippen LogP contribution < -0.4 is 0 Å². The first-order valence-corrected chi connectivity index (χ1v) is 4.43. The summed E-state index contributed by atoms with van der Waals surface area (Å²) in [5.74, 6) is 0.995. The highest BCUT2D eigenvalue weighted by Gasteiger charge is 2.28. The molecule has 0 nitrogen and oxygen atoms in total. The van der Waals surface area contributed by atoms with Crippen molar-refractivity contribution >= 4 is 12.6 Å². The molecule has 1 atom stereocenters. The van der Waals surface area contributed by atoms with E-state index in [1.807, 2.05) is 5.41 Å². The molecule has 0 aliphatic heterocycles. The summed E-state index contributed by atoms with van der Waals surface area (Å²) in [4.78, 5) is 0. The van der Waals surface area contributed by atoms with Gasteiger partial charge in [0.15, 0.2) is 0 Å². The van der Waals surface area contributed by atoms with Crippen LogP contribution in [-0.2, 0) is 0 Å². The zero-order valence-corrected chi connectivity index (χ0v) is 6.90. The summed E-state index contributed by atoms with van der Waals surface area (Å²) in [7, 11) is 0. The number of hydrogen-bond acceptors (Lipinski definition) is 1. The summed E-state index contributed by atoms with van der Waals surface area (Å²) in [6.45, 7) is 0. The number of rotatable bonds is 1. The lowest BCUT2D eigenvalue weighted by molar-refractivity contribution is 0.568. The van der Waals surface area contributed by atoms with Crippen LogP contribution in [0, 0.1) is 5.92 Å². The van der Waals surface area contributed by atoms with Gasteiger partial charge in [-0.2, -0.15) is 12.6 Å². The molecule has 0 aromatic heterocycles. The van der Waals surface area contributed by atoms with Crippen LogP contribution in [0.5, 0.6) is 0 Å². The highest BCUT2D eigenvalue weighted by atomic mass is 32.1. The zero-order chi connectivity index (χ0) is 6.97. The summed E-state index contributed by atoms with van der Waals surface area (Å²) in [5.41, 5.74) is 3.28. The van der Waals surface area contributed by atoms with Gasteiger partial charge in [0.05, 0.1) is 0 Å². The van der Waals surface area contributed by atoms with Crippen LogP contribution >= 0.6 is 12.6 Å². The molecule has 1 saturated carbocycles. The molecule has 0 N–H and O–H groups in total. The van der Waals surface area contributed by atoms with Crippen LogP contribution in [0.2, 0.25) is 0 Å². The van der Waals surface area contributed by atoms with Crippen LogP contribution in [0.3, 0.4) is 0 Å². The fourth-order valence-corrected chi connectivity index (χ4v) is 2.31. The maximum atomic E-state index is 4.08. The summed E-state index contributed by atoms with van der Waals surface area (Å²) >= 11 is 4.08. The van der Waals surface area contributed by atoms with Crippen LogP contribution in [0.15, 0.2) is 22.6 Å². The van der Waals surface area contributed by atoms with E-state index < -0.39 is 0 Å². The van der Waals surface area contributed by atoms with Crippen LogP contribution in [0.1, 0.15) is 25.7 Å². The molecule has 1 unspecified atom stereocenters. The van der Waals surface area contributed by atoms with Crippen molar-refractivity contribution < 1.29 is 0 Å². The van der Waals surface area contributed by atoms with E-state index in [2.05, 4.69) is 18.7 Å². The van der Waals surface area contributed by atoms with Crippen molar-refractivity contribution in [1.29, 1.82) is 0 Å². The second kappa shape index (κ2) is 2.46. The average Bonchev–Trinajstić information content (AvgIpc) is 2.48. The molecule has 0 saturated heterocycles. The molecule has 10 heavy (non-hydrogen) atoms. The van der Waals surface area contributed by atoms with Crippen LogP contribution in [0.4, 0.5) is 0 Å². The monoisotopic (exact) mass is 152 g/mol. The van der Waals surface area contributed by atoms with Gasteiger partial charge in [-0.1, -0.05) is 11.6 Å². The molecule has 0 aromatic carbocycles. The van der Waals surface area contributed by atoms with Gasteiger partial charge in [-0.25, -0.2) is 0 Å². The Hall–Kier alpha value is -0.170. The predicted molar refractivity (Wildman–Crippen MR) is 47.1 cm³/mol. The average molecular weight is 152 g/mol. The molecular formula is C9H12S. The third-order valence-electron chi connectivity index (χ3n) is 2.63. The first-order chi connectivity index (χ1) is 4.90. The van der Waals surface area contributed by atoms with E-state index in [4.69, 9.17) is 0 Å². The maximum absolute atomic E-state index is 4.08. The Bertz CT molecular complexity index is 201. The number of fused-ring (bicyclic) bond motifs is 2. The number of thiol groups is 1. The minimum absolute atomic E-state index is 0.995. The normalized spacial score (nSPS) is 31.1. The van der Waals surface area contributed by atoms with E-state index in [-0.39, 0.29) is 0 Å². The number of hydrogen-bond donors (Lipinski definition) is 1. The molecule has 1 heteroatoms. The second-order valence-corrected chi connectivity index (χ2v) is 3.56. The first kappa shape index (κ1) is 6.53. The van der Waals surface area contributed by atoms with Gasteiger partial charge in [0, 0.05) is 0 Å². The Morgan fingerprint density at radius 1 is 1.40 bits per heavy atom. The molecule has 0 spiro atoms. The molecular weight excluding hydrogens is 140 g/mol. The summed E-state index contributed by atoms with van der Waals surface area (Å²) in [6, 6.07) is 0. The minimum atomic E-state index is 0.995. The quantitative estimate of drug-likeness (QED) is 0.549. The molecule has 2 aliphatic rings. The molecule has 0 aromatic rings. The molecule has 2 bridgehead atoms. The van der Waals surface area contributed by atoms with E-state index in [0.29, 0.717) is 0 Å². The van der Waals surface area contributed by atoms with Gasteiger partial charge in [-0.15, -0.1) is 0 Å². The third-order valence-corrected chi connectivity index (χ3v) is 2.78. The largest absolute Gasteiger partial charge is 0.151 e. The summed E-state index contributed by atoms with van der Waals surface area (Å²) in [5, 5.41) is 1.86. The fraction of sp³-hybridized carbons (Fsp3) is 0.556. The molecule has 54 valence electrons. The highest BCUT2D eigenvalue weighted by molar-refractivity contribution is 7.83. The number of allylic oxidation sites excluding steroid dienone is 3. The molecule has 2 aliphatic carbocycles. The lowest BCUT2D eigenvalue weighted by Crippen LogP contribution is -1.91. The Morgan fingerprint density at radius 2 is 2.30 bits per heavy atom. The van der Waals surface area contributed by atoms with Gasteiger partial charge < -0.3 is 0 Å². The molecule has 2 rings (SSSR count). The third kappa shape index (κ3) is 0.929. The first-order valence-electron chi connectivity index (χ1n) is 3.92. The molecule has 1 fully saturated rings. The van der Waals surface area contributed by atoms with E-state index in [9.17, 15) is 0 Å². The Morgan fingerprint density at radius 3 is 2.80 bits per heavy atom. The van der Waals surface area contributed by atoms with Gasteiger partial charge in [0.1, 0.15) is 0 Å². The van der Waals surface area contributed by atoms with E-state index in [1.54, 1.807) is 11.1 Å². The summed E-state index contributed by atoms with van der Waals surface area (Å²) < 4.78 is 0. The van der Waals surface area contributed by atoms with Crippen molar-refractivity contribution in [3.8, 4) is 0 Å². The summed E-state index contributed by atoms with van der Waals surface area (Å²) in [6.07, 6.45) is 7.68. The van der Waals surface area contributed by atoms with Gasteiger partial charge in [0.25, 0.3) is 0 Å².